The number of hydrogen-bond acceptors (Lipinski definition) is 5. The lowest BCUT2D eigenvalue weighted by Gasteiger charge is -2.21. The highest BCUT2D eigenvalue weighted by Gasteiger charge is 2.19. The number of nitrogens with two attached hydrogens (primary N) is 1. The summed E-state index contributed by atoms with van der Waals surface area (Å²) in [6.45, 7) is 5.06. The summed E-state index contributed by atoms with van der Waals surface area (Å²) in [5, 5.41) is 0. The van der Waals surface area contributed by atoms with Crippen LogP contribution in [0.2, 0.25) is 0 Å². The molecule has 1 aromatic rings. The van der Waals surface area contributed by atoms with Gasteiger partial charge >= 0.3 is 0 Å². The number of ether oxygens (including phenoxy) is 1. The van der Waals surface area contributed by atoms with E-state index in [9.17, 15) is 8.42 Å². The first-order valence-electron chi connectivity index (χ1n) is 6.41. The standard InChI is InChI=1S/C13H23N3O3S/c1-10(2)16(3)8-7-15-20(17,18)13-9-11(14)5-6-12(13)19-4/h5-6,9-10,15H,7-8,14H2,1-4H3. The average molecular weight is 301 g/mol. The van der Waals surface area contributed by atoms with Gasteiger partial charge in [0.1, 0.15) is 10.6 Å². The SMILES string of the molecule is COc1ccc(N)cc1S(=O)(=O)NCCN(C)C(C)C. The highest BCUT2D eigenvalue weighted by molar-refractivity contribution is 7.89. The normalized spacial score (nSPS) is 12.1. The monoisotopic (exact) mass is 301 g/mol. The number of hydrogen-bond donors (Lipinski definition) is 2. The van der Waals surface area contributed by atoms with Crippen molar-refractivity contribution in [3.63, 3.8) is 0 Å². The minimum absolute atomic E-state index is 0.0622. The molecule has 114 valence electrons. The molecule has 20 heavy (non-hydrogen) atoms. The van der Waals surface area contributed by atoms with Gasteiger partial charge in [-0.25, -0.2) is 13.1 Å². The fourth-order valence-electron chi connectivity index (χ4n) is 1.60. The van der Waals surface area contributed by atoms with E-state index in [2.05, 4.69) is 23.5 Å². The molecule has 0 saturated heterocycles. The average Bonchev–Trinajstić information content (AvgIpc) is 2.38. The van der Waals surface area contributed by atoms with Crippen LogP contribution in [0, 0.1) is 0 Å². The van der Waals surface area contributed by atoms with Crippen molar-refractivity contribution >= 4 is 15.7 Å². The van der Waals surface area contributed by atoms with Gasteiger partial charge in [0.15, 0.2) is 0 Å². The molecular formula is C13H23N3O3S. The van der Waals surface area contributed by atoms with Crippen LogP contribution in [0.4, 0.5) is 5.69 Å². The zero-order valence-electron chi connectivity index (χ0n) is 12.4. The van der Waals surface area contributed by atoms with Gasteiger partial charge in [-0.05, 0) is 39.1 Å². The van der Waals surface area contributed by atoms with Crippen molar-refractivity contribution in [1.82, 2.24) is 9.62 Å². The molecule has 0 unspecified atom stereocenters. The molecule has 3 N–H and O–H groups in total. The van der Waals surface area contributed by atoms with Crippen LogP contribution < -0.4 is 15.2 Å². The minimum atomic E-state index is -3.63. The molecule has 0 heterocycles. The van der Waals surface area contributed by atoms with Crippen LogP contribution >= 0.6 is 0 Å². The highest BCUT2D eigenvalue weighted by atomic mass is 32.2. The Labute approximate surface area is 121 Å². The molecule has 0 amide bonds. The number of rotatable bonds is 7. The summed E-state index contributed by atoms with van der Waals surface area (Å²) in [6.07, 6.45) is 0. The lowest BCUT2D eigenvalue weighted by molar-refractivity contribution is 0.278. The number of nitrogens with one attached hydrogen (secondary N) is 1. The van der Waals surface area contributed by atoms with Gasteiger partial charge in [0, 0.05) is 24.8 Å². The Hall–Kier alpha value is -1.31. The minimum Gasteiger partial charge on any atom is -0.495 e. The Balaban J connectivity index is 2.81. The number of nitrogen functional groups attached to an aromatic ring is 1. The van der Waals surface area contributed by atoms with E-state index in [1.165, 1.54) is 13.2 Å². The predicted molar refractivity (Wildman–Crippen MR) is 80.4 cm³/mol. The fourth-order valence-corrected chi connectivity index (χ4v) is 2.82. The second-order valence-electron chi connectivity index (χ2n) is 4.88. The van der Waals surface area contributed by atoms with Crippen LogP contribution in [-0.4, -0.2) is 46.6 Å². The van der Waals surface area contributed by atoms with Gasteiger partial charge in [-0.15, -0.1) is 0 Å². The van der Waals surface area contributed by atoms with Crippen molar-refractivity contribution < 1.29 is 13.2 Å². The van der Waals surface area contributed by atoms with Crippen LogP contribution in [0.25, 0.3) is 0 Å². The van der Waals surface area contributed by atoms with E-state index in [0.717, 1.165) is 0 Å². The summed E-state index contributed by atoms with van der Waals surface area (Å²) in [5.41, 5.74) is 6.02. The third kappa shape index (κ3) is 4.36. The Kier molecular flexibility index (Phi) is 5.79. The van der Waals surface area contributed by atoms with Gasteiger partial charge < -0.3 is 15.4 Å². The van der Waals surface area contributed by atoms with E-state index in [1.807, 2.05) is 7.05 Å². The summed E-state index contributed by atoms with van der Waals surface area (Å²) < 4.78 is 32.1. The number of nitrogens with zero attached hydrogens (tertiary/aromatic N) is 1. The van der Waals surface area contributed by atoms with Crippen molar-refractivity contribution in [2.24, 2.45) is 0 Å². The van der Waals surface area contributed by atoms with Gasteiger partial charge in [-0.2, -0.15) is 0 Å². The maximum atomic E-state index is 12.3. The first-order valence-corrected chi connectivity index (χ1v) is 7.89. The Morgan fingerprint density at radius 3 is 2.60 bits per heavy atom. The Morgan fingerprint density at radius 1 is 1.40 bits per heavy atom. The molecule has 7 heteroatoms. The van der Waals surface area contributed by atoms with Gasteiger partial charge in [-0.3, -0.25) is 0 Å². The molecule has 0 aromatic heterocycles. The smallest absolute Gasteiger partial charge is 0.244 e. The zero-order valence-corrected chi connectivity index (χ0v) is 13.2. The van der Waals surface area contributed by atoms with Crippen LogP contribution in [-0.2, 0) is 10.0 Å². The maximum absolute atomic E-state index is 12.3. The Bertz CT molecular complexity index is 544. The van der Waals surface area contributed by atoms with E-state index >= 15 is 0 Å². The topological polar surface area (TPSA) is 84.7 Å². The Morgan fingerprint density at radius 2 is 2.05 bits per heavy atom. The largest absolute Gasteiger partial charge is 0.495 e. The summed E-state index contributed by atoms with van der Waals surface area (Å²) in [4.78, 5) is 2.12. The third-order valence-corrected chi connectivity index (χ3v) is 4.60. The molecule has 1 aromatic carbocycles. The van der Waals surface area contributed by atoms with E-state index in [0.29, 0.717) is 24.8 Å². The van der Waals surface area contributed by atoms with Crippen LogP contribution in [0.3, 0.4) is 0 Å². The number of likely N-dealkylation sites (N-methyl/N-ethyl adjacent to an activating group) is 1. The second-order valence-corrected chi connectivity index (χ2v) is 6.62. The first-order chi connectivity index (χ1) is 9.27. The molecule has 0 fully saturated rings. The van der Waals surface area contributed by atoms with E-state index < -0.39 is 10.0 Å². The predicted octanol–water partition coefficient (Wildman–Crippen LogP) is 0.896. The number of benzene rings is 1. The third-order valence-electron chi connectivity index (χ3n) is 3.12. The molecule has 6 nitrogen and oxygen atoms in total. The maximum Gasteiger partial charge on any atom is 0.244 e. The lowest BCUT2D eigenvalue weighted by atomic mass is 10.3. The van der Waals surface area contributed by atoms with Crippen molar-refractivity contribution in [2.75, 3.05) is 33.0 Å². The molecular weight excluding hydrogens is 278 g/mol. The molecule has 0 radical (unpaired) electrons. The number of anilines is 1. The van der Waals surface area contributed by atoms with Gasteiger partial charge in [-0.1, -0.05) is 0 Å². The van der Waals surface area contributed by atoms with Gasteiger partial charge in [0.2, 0.25) is 10.0 Å². The zero-order chi connectivity index (χ0) is 15.3. The fraction of sp³-hybridized carbons (Fsp3) is 0.538. The van der Waals surface area contributed by atoms with Crippen molar-refractivity contribution in [3.8, 4) is 5.75 Å². The van der Waals surface area contributed by atoms with Gasteiger partial charge in [0.25, 0.3) is 0 Å². The summed E-state index contributed by atoms with van der Waals surface area (Å²) in [5.74, 6) is 0.281. The molecule has 0 saturated carbocycles. The second kappa shape index (κ2) is 6.92. The molecule has 0 aliphatic carbocycles. The number of methoxy groups -OCH3 is 1. The van der Waals surface area contributed by atoms with Crippen LogP contribution in [0.15, 0.2) is 23.1 Å². The van der Waals surface area contributed by atoms with E-state index in [-0.39, 0.29) is 10.6 Å². The quantitative estimate of drug-likeness (QED) is 0.731. The van der Waals surface area contributed by atoms with Gasteiger partial charge in [0.05, 0.1) is 7.11 Å². The summed E-state index contributed by atoms with van der Waals surface area (Å²) in [7, 11) is -0.256. The number of sulfonamides is 1. The highest BCUT2D eigenvalue weighted by Crippen LogP contribution is 2.25. The molecule has 0 spiro atoms. The van der Waals surface area contributed by atoms with E-state index in [4.69, 9.17) is 10.5 Å². The summed E-state index contributed by atoms with van der Waals surface area (Å²) >= 11 is 0. The molecule has 0 bridgehead atoms. The van der Waals surface area contributed by atoms with Crippen molar-refractivity contribution in [2.45, 2.75) is 24.8 Å². The van der Waals surface area contributed by atoms with Crippen molar-refractivity contribution in [3.05, 3.63) is 18.2 Å². The summed E-state index contributed by atoms with van der Waals surface area (Å²) in [6, 6.07) is 4.91. The molecule has 0 atom stereocenters. The molecule has 1 rings (SSSR count). The van der Waals surface area contributed by atoms with Crippen LogP contribution in [0.1, 0.15) is 13.8 Å². The van der Waals surface area contributed by atoms with Crippen LogP contribution in [0.5, 0.6) is 5.75 Å². The first kappa shape index (κ1) is 16.7. The van der Waals surface area contributed by atoms with Crippen molar-refractivity contribution in [1.29, 1.82) is 0 Å². The molecule has 0 aliphatic rings. The lowest BCUT2D eigenvalue weighted by Crippen LogP contribution is -2.36. The van der Waals surface area contributed by atoms with E-state index in [1.54, 1.807) is 12.1 Å². The molecule has 0 aliphatic heterocycles.